The largest absolute Gasteiger partial charge is 0.344 e. The summed E-state index contributed by atoms with van der Waals surface area (Å²) in [4.78, 5) is 0.0226. The van der Waals surface area contributed by atoms with E-state index in [4.69, 9.17) is 11.6 Å². The molecule has 0 unspecified atom stereocenters. The summed E-state index contributed by atoms with van der Waals surface area (Å²) in [5.74, 6) is 0. The molecular weight excluding hydrogens is 436 g/mol. The van der Waals surface area contributed by atoms with Gasteiger partial charge in [0, 0.05) is 4.87 Å². The molecule has 0 aliphatic rings. The lowest BCUT2D eigenvalue weighted by molar-refractivity contribution is -0.910. The van der Waals surface area contributed by atoms with E-state index in [1.807, 2.05) is 13.8 Å². The molecule has 34 heavy (non-hydrogen) atoms. The molecule has 0 aromatic rings. The van der Waals surface area contributed by atoms with E-state index in [0.717, 1.165) is 6.42 Å². The first-order valence-electron chi connectivity index (χ1n) is 15.3. The number of halogens is 1. The Morgan fingerprint density at radius 1 is 0.471 bits per heavy atom. The monoisotopic (exact) mass is 506 g/mol. The third-order valence-electron chi connectivity index (χ3n) is 7.00. The number of hydrogen-bond acceptors (Lipinski definition) is 1. The highest BCUT2D eigenvalue weighted by Gasteiger charge is 2.20. The highest BCUT2D eigenvalue weighted by Crippen LogP contribution is 2.18. The van der Waals surface area contributed by atoms with Crippen molar-refractivity contribution in [2.24, 2.45) is 0 Å². The normalized spacial score (nSPS) is 11.6. The van der Waals surface area contributed by atoms with Crippen molar-refractivity contribution in [1.82, 2.24) is 6.15 Å². The zero-order valence-corrected chi connectivity index (χ0v) is 26.1. The Morgan fingerprint density at radius 3 is 0.941 bits per heavy atom. The third-order valence-corrected chi connectivity index (χ3v) is 7.19. The quantitative estimate of drug-likeness (QED) is 0.0835. The molecule has 0 saturated carbocycles. The van der Waals surface area contributed by atoms with Crippen LogP contribution in [0.15, 0.2) is 0 Å². The Bertz CT molecular complexity index is 324. The number of quaternary nitrogens is 1. The van der Waals surface area contributed by atoms with Crippen LogP contribution in [-0.4, -0.2) is 36.0 Å². The lowest BCUT2D eigenvalue weighted by Crippen LogP contribution is -2.46. The first-order chi connectivity index (χ1) is 15.7. The van der Waals surface area contributed by atoms with Gasteiger partial charge in [-0.25, -0.2) is 0 Å². The molecule has 0 aliphatic carbocycles. The van der Waals surface area contributed by atoms with Crippen LogP contribution in [0.2, 0.25) is 0 Å². The summed E-state index contributed by atoms with van der Waals surface area (Å²) in [5, 5.41) is 0. The highest BCUT2D eigenvalue weighted by atomic mass is 35.5. The standard InChI is InChI=1S/C25H54N.C6H13Cl.H3N/c1-5-8-11-14-17-20-23-26(4,24-21-18-15-12-9-6-2)25-22-19-16-13-10-7-3;1-4-5-6(2,3)7;/h5-25H2,1-4H3;4-5H2,1-3H3;1H3/q+1;;. The van der Waals surface area contributed by atoms with E-state index < -0.39 is 0 Å². The smallest absolute Gasteiger partial charge is 0.0784 e. The van der Waals surface area contributed by atoms with Crippen molar-refractivity contribution in [3.05, 3.63) is 0 Å². The number of rotatable bonds is 23. The fraction of sp³-hybridized carbons (Fsp3) is 1.00. The Kier molecular flexibility index (Phi) is 31.7. The maximum Gasteiger partial charge on any atom is 0.0784 e. The second-order valence-corrected chi connectivity index (χ2v) is 12.6. The molecular formula is C31H70ClN2+. The lowest BCUT2D eigenvalue weighted by atomic mass is 10.1. The number of nitrogens with zero attached hydrogens (tertiary/aromatic N) is 1. The number of alkyl halides is 1. The first-order valence-corrected chi connectivity index (χ1v) is 15.6. The van der Waals surface area contributed by atoms with Gasteiger partial charge in [0.25, 0.3) is 0 Å². The average Bonchev–Trinajstić information content (AvgIpc) is 2.75. The molecule has 0 fully saturated rings. The molecule has 0 aliphatic heterocycles. The summed E-state index contributed by atoms with van der Waals surface area (Å²) in [6.07, 6.45) is 28.1. The van der Waals surface area contributed by atoms with Crippen molar-refractivity contribution in [3.8, 4) is 0 Å². The van der Waals surface area contributed by atoms with E-state index in [-0.39, 0.29) is 11.0 Å². The van der Waals surface area contributed by atoms with Crippen LogP contribution in [0.5, 0.6) is 0 Å². The SMILES string of the molecule is CCCC(C)(C)Cl.CCCCCCCC[N+](C)(CCCCCCCC)CCCCCCCC.N. The average molecular weight is 506 g/mol. The molecule has 0 heterocycles. The summed E-state index contributed by atoms with van der Waals surface area (Å²) >= 11 is 5.83. The summed E-state index contributed by atoms with van der Waals surface area (Å²) in [7, 11) is 2.56. The molecule has 0 amide bonds. The van der Waals surface area contributed by atoms with Crippen LogP contribution < -0.4 is 6.15 Å². The molecule has 210 valence electrons. The van der Waals surface area contributed by atoms with Gasteiger partial charge < -0.3 is 10.6 Å². The van der Waals surface area contributed by atoms with Crippen LogP contribution in [0.4, 0.5) is 0 Å². The predicted molar refractivity (Wildman–Crippen MR) is 161 cm³/mol. The van der Waals surface area contributed by atoms with E-state index in [0.29, 0.717) is 0 Å². The van der Waals surface area contributed by atoms with Gasteiger partial charge in [0.2, 0.25) is 0 Å². The van der Waals surface area contributed by atoms with Gasteiger partial charge in [-0.3, -0.25) is 0 Å². The lowest BCUT2D eigenvalue weighted by Gasteiger charge is -2.35. The fourth-order valence-corrected chi connectivity index (χ4v) is 4.94. The van der Waals surface area contributed by atoms with Crippen LogP contribution in [-0.2, 0) is 0 Å². The Labute approximate surface area is 223 Å². The van der Waals surface area contributed by atoms with E-state index in [9.17, 15) is 0 Å². The van der Waals surface area contributed by atoms with Crippen molar-refractivity contribution >= 4 is 11.6 Å². The Morgan fingerprint density at radius 2 is 0.735 bits per heavy atom. The Hall–Kier alpha value is 0.210. The predicted octanol–water partition coefficient (Wildman–Crippen LogP) is 11.5. The molecule has 3 N–H and O–H groups in total. The molecule has 0 atom stereocenters. The molecule has 0 aromatic carbocycles. The first kappa shape index (κ1) is 38.7. The van der Waals surface area contributed by atoms with Gasteiger partial charge in [-0.05, 0) is 58.8 Å². The topological polar surface area (TPSA) is 35.0 Å². The maximum atomic E-state index is 5.83. The summed E-state index contributed by atoms with van der Waals surface area (Å²) in [5.41, 5.74) is 0. The second-order valence-electron chi connectivity index (χ2n) is 11.6. The van der Waals surface area contributed by atoms with Crippen LogP contribution in [0, 0.1) is 0 Å². The zero-order chi connectivity index (χ0) is 25.3. The maximum absolute atomic E-state index is 5.83. The van der Waals surface area contributed by atoms with Crippen molar-refractivity contribution in [2.75, 3.05) is 26.7 Å². The van der Waals surface area contributed by atoms with Crippen LogP contribution in [0.25, 0.3) is 0 Å². The van der Waals surface area contributed by atoms with Gasteiger partial charge in [-0.15, -0.1) is 11.6 Å². The van der Waals surface area contributed by atoms with Gasteiger partial charge in [-0.1, -0.05) is 111 Å². The minimum Gasteiger partial charge on any atom is -0.344 e. The van der Waals surface area contributed by atoms with Crippen LogP contribution in [0.3, 0.4) is 0 Å². The van der Waals surface area contributed by atoms with Gasteiger partial charge in [0.1, 0.15) is 0 Å². The molecule has 2 nitrogen and oxygen atoms in total. The molecule has 3 heteroatoms. The molecule has 0 spiro atoms. The molecule has 0 aromatic heterocycles. The van der Waals surface area contributed by atoms with E-state index in [2.05, 4.69) is 34.7 Å². The zero-order valence-electron chi connectivity index (χ0n) is 25.3. The van der Waals surface area contributed by atoms with Crippen molar-refractivity contribution in [2.45, 2.75) is 175 Å². The molecule has 0 bridgehead atoms. The van der Waals surface area contributed by atoms with Gasteiger partial charge in [-0.2, -0.15) is 0 Å². The number of unbranched alkanes of at least 4 members (excludes halogenated alkanes) is 15. The van der Waals surface area contributed by atoms with E-state index in [1.54, 1.807) is 0 Å². The summed E-state index contributed by atoms with van der Waals surface area (Å²) in [6.45, 7) is 17.4. The molecule has 0 saturated heterocycles. The van der Waals surface area contributed by atoms with Gasteiger partial charge >= 0.3 is 0 Å². The summed E-state index contributed by atoms with van der Waals surface area (Å²) in [6, 6.07) is 0. The second kappa shape index (κ2) is 27.8. The number of hydrogen-bond donors (Lipinski definition) is 1. The van der Waals surface area contributed by atoms with Crippen molar-refractivity contribution in [1.29, 1.82) is 0 Å². The highest BCUT2D eigenvalue weighted by molar-refractivity contribution is 6.23. The molecule has 0 radical (unpaired) electrons. The minimum atomic E-state index is 0. The minimum absolute atomic E-state index is 0. The Balaban J connectivity index is -0.00000104. The van der Waals surface area contributed by atoms with Crippen LogP contribution in [0.1, 0.15) is 170 Å². The molecule has 0 rings (SSSR count). The van der Waals surface area contributed by atoms with E-state index in [1.165, 1.54) is 146 Å². The summed E-state index contributed by atoms with van der Waals surface area (Å²) < 4.78 is 1.36. The van der Waals surface area contributed by atoms with Crippen molar-refractivity contribution in [3.63, 3.8) is 0 Å². The van der Waals surface area contributed by atoms with Gasteiger partial charge in [0.05, 0.1) is 26.7 Å². The van der Waals surface area contributed by atoms with Crippen molar-refractivity contribution < 1.29 is 4.48 Å². The van der Waals surface area contributed by atoms with E-state index >= 15 is 0 Å². The fourth-order valence-electron chi connectivity index (χ4n) is 4.75. The van der Waals surface area contributed by atoms with Gasteiger partial charge in [0.15, 0.2) is 0 Å². The third kappa shape index (κ3) is 32.2. The van der Waals surface area contributed by atoms with Crippen LogP contribution >= 0.6 is 11.6 Å².